The van der Waals surface area contributed by atoms with Crippen LogP contribution in [0.3, 0.4) is 0 Å². The zero-order valence-electron chi connectivity index (χ0n) is 14.3. The molecule has 0 saturated carbocycles. The number of methoxy groups -OCH3 is 1. The molecule has 5 nitrogen and oxygen atoms in total. The van der Waals surface area contributed by atoms with Crippen LogP contribution in [-0.4, -0.2) is 24.6 Å². The second-order valence-electron chi connectivity index (χ2n) is 5.94. The van der Waals surface area contributed by atoms with Crippen molar-refractivity contribution in [3.05, 3.63) is 81.2 Å². The van der Waals surface area contributed by atoms with Gasteiger partial charge in [0.1, 0.15) is 0 Å². The lowest BCUT2D eigenvalue weighted by Crippen LogP contribution is -2.30. The van der Waals surface area contributed by atoms with Crippen LogP contribution in [0.4, 0.5) is 0 Å². The molecule has 1 heterocycles. The van der Waals surface area contributed by atoms with Crippen molar-refractivity contribution >= 4 is 28.3 Å². The van der Waals surface area contributed by atoms with E-state index in [9.17, 15) is 9.59 Å². The first kappa shape index (κ1) is 18.2. The normalized spacial score (nSPS) is 12.1. The third-order valence-electron chi connectivity index (χ3n) is 4.24. The number of ether oxygens (including phenoxy) is 1. The molecule has 2 aromatic carbocycles. The van der Waals surface area contributed by atoms with Gasteiger partial charge in [-0.05, 0) is 30.2 Å². The maximum absolute atomic E-state index is 12.9. The van der Waals surface area contributed by atoms with Crippen LogP contribution in [0.2, 0.25) is 5.02 Å². The van der Waals surface area contributed by atoms with E-state index in [1.807, 2.05) is 12.1 Å². The van der Waals surface area contributed by atoms with Gasteiger partial charge in [0, 0.05) is 35.7 Å². The minimum Gasteiger partial charge on any atom is -0.385 e. The highest BCUT2D eigenvalue weighted by molar-refractivity contribution is 6.30. The fourth-order valence-corrected chi connectivity index (χ4v) is 3.01. The van der Waals surface area contributed by atoms with E-state index in [0.717, 1.165) is 5.56 Å². The van der Waals surface area contributed by atoms with Gasteiger partial charge in [0.15, 0.2) is 0 Å². The zero-order valence-corrected chi connectivity index (χ0v) is 15.0. The van der Waals surface area contributed by atoms with Crippen LogP contribution >= 0.6 is 11.6 Å². The number of hydrogen-bond donors (Lipinski definition) is 2. The van der Waals surface area contributed by atoms with Crippen molar-refractivity contribution < 1.29 is 9.53 Å². The number of amides is 1. The molecule has 0 bridgehead atoms. The molecule has 1 aromatic heterocycles. The average Bonchev–Trinajstić information content (AvgIpc) is 2.66. The fourth-order valence-electron chi connectivity index (χ4n) is 2.89. The number of halogens is 1. The van der Waals surface area contributed by atoms with Crippen molar-refractivity contribution in [2.45, 2.75) is 12.5 Å². The van der Waals surface area contributed by atoms with E-state index in [2.05, 4.69) is 10.3 Å². The Labute approximate surface area is 156 Å². The summed E-state index contributed by atoms with van der Waals surface area (Å²) in [5, 5.41) is 4.77. The van der Waals surface area contributed by atoms with E-state index < -0.39 is 0 Å². The lowest BCUT2D eigenvalue weighted by atomic mass is 10.0. The zero-order chi connectivity index (χ0) is 18.5. The van der Waals surface area contributed by atoms with E-state index >= 15 is 0 Å². The molecule has 0 fully saturated rings. The summed E-state index contributed by atoms with van der Waals surface area (Å²) >= 11 is 5.96. The number of nitrogens with one attached hydrogen (secondary N) is 2. The summed E-state index contributed by atoms with van der Waals surface area (Å²) < 4.78 is 5.17. The maximum atomic E-state index is 12.9. The summed E-state index contributed by atoms with van der Waals surface area (Å²) in [5.74, 6) is -0.256. The monoisotopic (exact) mass is 370 g/mol. The van der Waals surface area contributed by atoms with Crippen LogP contribution in [0, 0.1) is 0 Å². The van der Waals surface area contributed by atoms with Gasteiger partial charge in [0.25, 0.3) is 11.5 Å². The Balaban J connectivity index is 1.92. The molecular weight excluding hydrogens is 352 g/mol. The number of carbonyl (C=O) groups is 1. The van der Waals surface area contributed by atoms with Crippen LogP contribution in [0.25, 0.3) is 10.8 Å². The number of carbonyl (C=O) groups excluding carboxylic acids is 1. The molecule has 3 rings (SSSR count). The highest BCUT2D eigenvalue weighted by atomic mass is 35.5. The summed E-state index contributed by atoms with van der Waals surface area (Å²) in [5.41, 5.74) is 1.15. The van der Waals surface area contributed by atoms with Crippen LogP contribution in [0.15, 0.2) is 59.5 Å². The van der Waals surface area contributed by atoms with E-state index in [0.29, 0.717) is 34.4 Å². The topological polar surface area (TPSA) is 71.2 Å². The standard InChI is InChI=1S/C20H19ClN2O3/c1-26-11-10-18(13-6-8-14(21)9-7-13)23-20(25)17-12-22-19(24)16-5-3-2-4-15(16)17/h2-9,12,18H,10-11H2,1H3,(H,22,24)(H,23,25)/t18-/m1/s1. The average molecular weight is 371 g/mol. The minimum absolute atomic E-state index is 0.217. The molecule has 6 heteroatoms. The predicted octanol–water partition coefficient (Wildman–Crippen LogP) is 3.69. The van der Waals surface area contributed by atoms with Crippen molar-refractivity contribution in [3.8, 4) is 0 Å². The summed E-state index contributed by atoms with van der Waals surface area (Å²) in [7, 11) is 1.62. The number of hydrogen-bond acceptors (Lipinski definition) is 3. The first-order valence-electron chi connectivity index (χ1n) is 8.26. The largest absolute Gasteiger partial charge is 0.385 e. The number of aromatic nitrogens is 1. The molecule has 0 aliphatic heterocycles. The van der Waals surface area contributed by atoms with Gasteiger partial charge in [-0.2, -0.15) is 0 Å². The van der Waals surface area contributed by atoms with Gasteiger partial charge in [-0.1, -0.05) is 41.9 Å². The van der Waals surface area contributed by atoms with Crippen LogP contribution in [-0.2, 0) is 4.74 Å². The molecule has 1 amide bonds. The lowest BCUT2D eigenvalue weighted by Gasteiger charge is -2.19. The van der Waals surface area contributed by atoms with Gasteiger partial charge in [0.2, 0.25) is 0 Å². The van der Waals surface area contributed by atoms with Crippen molar-refractivity contribution in [2.24, 2.45) is 0 Å². The number of H-pyrrole nitrogens is 1. The first-order chi connectivity index (χ1) is 12.6. The Hall–Kier alpha value is -2.63. The lowest BCUT2D eigenvalue weighted by molar-refractivity contribution is 0.0926. The van der Waals surface area contributed by atoms with Gasteiger partial charge in [-0.3, -0.25) is 9.59 Å². The third-order valence-corrected chi connectivity index (χ3v) is 4.49. The Morgan fingerprint density at radius 3 is 2.54 bits per heavy atom. The molecule has 26 heavy (non-hydrogen) atoms. The highest BCUT2D eigenvalue weighted by Crippen LogP contribution is 2.21. The summed E-state index contributed by atoms with van der Waals surface area (Å²) in [6.07, 6.45) is 2.07. The SMILES string of the molecule is COCC[C@@H](NC(=O)c1c[nH]c(=O)c2ccccc12)c1ccc(Cl)cc1. The summed E-state index contributed by atoms with van der Waals surface area (Å²) in [4.78, 5) is 27.5. The molecule has 0 saturated heterocycles. The van der Waals surface area contributed by atoms with Gasteiger partial charge >= 0.3 is 0 Å². The van der Waals surface area contributed by atoms with Crippen LogP contribution < -0.4 is 10.9 Å². The summed E-state index contributed by atoms with van der Waals surface area (Å²) in [6.45, 7) is 0.500. The van der Waals surface area contributed by atoms with Gasteiger partial charge < -0.3 is 15.0 Å². The Morgan fingerprint density at radius 2 is 1.85 bits per heavy atom. The minimum atomic E-state index is -0.256. The van der Waals surface area contributed by atoms with Gasteiger partial charge in [0.05, 0.1) is 11.6 Å². The fraction of sp³-hybridized carbons (Fsp3) is 0.200. The maximum Gasteiger partial charge on any atom is 0.255 e. The Kier molecular flexibility index (Phi) is 5.71. The second-order valence-corrected chi connectivity index (χ2v) is 6.37. The first-order valence-corrected chi connectivity index (χ1v) is 8.63. The number of aromatic amines is 1. The highest BCUT2D eigenvalue weighted by Gasteiger charge is 2.18. The van der Waals surface area contributed by atoms with Gasteiger partial charge in [-0.25, -0.2) is 0 Å². The molecule has 0 aliphatic carbocycles. The second kappa shape index (κ2) is 8.17. The number of fused-ring (bicyclic) bond motifs is 1. The summed E-state index contributed by atoms with van der Waals surface area (Å²) in [6, 6.07) is 14.2. The van der Waals surface area contributed by atoms with Crippen molar-refractivity contribution in [2.75, 3.05) is 13.7 Å². The van der Waals surface area contributed by atoms with E-state index in [-0.39, 0.29) is 17.5 Å². The third kappa shape index (κ3) is 3.95. The predicted molar refractivity (Wildman–Crippen MR) is 103 cm³/mol. The number of benzene rings is 2. The smallest absolute Gasteiger partial charge is 0.255 e. The van der Waals surface area contributed by atoms with Crippen LogP contribution in [0.5, 0.6) is 0 Å². The van der Waals surface area contributed by atoms with Crippen molar-refractivity contribution in [3.63, 3.8) is 0 Å². The molecular formula is C20H19ClN2O3. The Morgan fingerprint density at radius 1 is 1.15 bits per heavy atom. The molecule has 0 aliphatic rings. The van der Waals surface area contributed by atoms with Crippen molar-refractivity contribution in [1.82, 2.24) is 10.3 Å². The van der Waals surface area contributed by atoms with E-state index in [1.165, 1.54) is 6.20 Å². The number of rotatable bonds is 6. The number of pyridine rings is 1. The molecule has 0 unspecified atom stereocenters. The molecule has 2 N–H and O–H groups in total. The Bertz CT molecular complexity index is 967. The van der Waals surface area contributed by atoms with Gasteiger partial charge in [-0.15, -0.1) is 0 Å². The van der Waals surface area contributed by atoms with E-state index in [4.69, 9.17) is 16.3 Å². The molecule has 0 spiro atoms. The van der Waals surface area contributed by atoms with Crippen LogP contribution in [0.1, 0.15) is 28.4 Å². The van der Waals surface area contributed by atoms with E-state index in [1.54, 1.807) is 43.5 Å². The molecule has 1 atom stereocenters. The molecule has 134 valence electrons. The quantitative estimate of drug-likeness (QED) is 0.695. The molecule has 3 aromatic rings. The van der Waals surface area contributed by atoms with Crippen molar-refractivity contribution in [1.29, 1.82) is 0 Å². The molecule has 0 radical (unpaired) electrons.